The maximum absolute atomic E-state index is 11.9. The Morgan fingerprint density at radius 3 is 1.38 bits per heavy atom. The van der Waals surface area contributed by atoms with Crippen molar-refractivity contribution in [1.82, 2.24) is 0 Å². The van der Waals surface area contributed by atoms with Gasteiger partial charge in [0.25, 0.3) is 0 Å². The van der Waals surface area contributed by atoms with Crippen LogP contribution in [0.4, 0.5) is 4.79 Å². The minimum atomic E-state index is -0.469. The number of rotatable bonds is 16. The molecule has 0 aliphatic carbocycles. The van der Waals surface area contributed by atoms with Crippen molar-refractivity contribution in [2.45, 2.75) is 105 Å². The highest BCUT2D eigenvalue weighted by Crippen LogP contribution is 2.18. The minimum absolute atomic E-state index is 0.469. The molecular formula is C21H42O3. The van der Waals surface area contributed by atoms with E-state index in [4.69, 9.17) is 9.47 Å². The van der Waals surface area contributed by atoms with Crippen molar-refractivity contribution in [3.63, 3.8) is 0 Å². The third-order valence-corrected chi connectivity index (χ3v) is 4.70. The van der Waals surface area contributed by atoms with Crippen LogP contribution in [0.15, 0.2) is 0 Å². The maximum atomic E-state index is 11.9. The third kappa shape index (κ3) is 13.7. The molecule has 0 saturated heterocycles. The number of hydrogen-bond acceptors (Lipinski definition) is 3. The molecule has 0 radical (unpaired) electrons. The zero-order valence-electron chi connectivity index (χ0n) is 16.8. The van der Waals surface area contributed by atoms with Gasteiger partial charge < -0.3 is 9.47 Å². The molecule has 0 aromatic carbocycles. The molecule has 2 atom stereocenters. The lowest BCUT2D eigenvalue weighted by Gasteiger charge is -2.18. The molecule has 144 valence electrons. The van der Waals surface area contributed by atoms with Crippen LogP contribution < -0.4 is 0 Å². The Labute approximate surface area is 150 Å². The first-order chi connectivity index (χ1) is 11.7. The first-order valence-corrected chi connectivity index (χ1v) is 10.5. The minimum Gasteiger partial charge on any atom is -0.434 e. The van der Waals surface area contributed by atoms with Crippen molar-refractivity contribution in [3.8, 4) is 0 Å². The van der Waals surface area contributed by atoms with Crippen molar-refractivity contribution in [3.05, 3.63) is 0 Å². The second kappa shape index (κ2) is 17.1. The molecule has 2 unspecified atom stereocenters. The first-order valence-electron chi connectivity index (χ1n) is 10.5. The van der Waals surface area contributed by atoms with Crippen molar-refractivity contribution in [2.24, 2.45) is 11.8 Å². The van der Waals surface area contributed by atoms with E-state index in [1.807, 2.05) is 0 Å². The Morgan fingerprint density at radius 1 is 0.625 bits per heavy atom. The number of ether oxygens (including phenoxy) is 2. The molecule has 0 saturated carbocycles. The van der Waals surface area contributed by atoms with E-state index < -0.39 is 6.16 Å². The fourth-order valence-corrected chi connectivity index (χ4v) is 3.22. The highest BCUT2D eigenvalue weighted by molar-refractivity contribution is 5.59. The van der Waals surface area contributed by atoms with Gasteiger partial charge in [-0.3, -0.25) is 0 Å². The summed E-state index contributed by atoms with van der Waals surface area (Å²) in [5, 5.41) is 0. The maximum Gasteiger partial charge on any atom is 0.508 e. The molecule has 0 rings (SSSR count). The van der Waals surface area contributed by atoms with Crippen LogP contribution in [0.2, 0.25) is 0 Å². The zero-order valence-corrected chi connectivity index (χ0v) is 16.8. The number of unbranched alkanes of at least 4 members (excludes halogenated alkanes) is 4. The Hall–Kier alpha value is -0.730. The summed E-state index contributed by atoms with van der Waals surface area (Å²) >= 11 is 0. The van der Waals surface area contributed by atoms with Crippen LogP contribution in [0.1, 0.15) is 105 Å². The van der Waals surface area contributed by atoms with Gasteiger partial charge in [-0.2, -0.15) is 0 Å². The van der Waals surface area contributed by atoms with E-state index in [0.717, 1.165) is 38.5 Å². The van der Waals surface area contributed by atoms with E-state index in [1.54, 1.807) is 0 Å². The molecule has 3 nitrogen and oxygen atoms in total. The highest BCUT2D eigenvalue weighted by Gasteiger charge is 2.15. The molecule has 0 spiro atoms. The van der Waals surface area contributed by atoms with Crippen LogP contribution >= 0.6 is 0 Å². The lowest BCUT2D eigenvalue weighted by molar-refractivity contribution is 0.0304. The predicted octanol–water partition coefficient (Wildman–Crippen LogP) is 7.13. The molecule has 0 N–H and O–H groups in total. The summed E-state index contributed by atoms with van der Waals surface area (Å²) in [6.45, 7) is 9.86. The second-order valence-electron chi connectivity index (χ2n) is 7.17. The average Bonchev–Trinajstić information content (AvgIpc) is 2.58. The molecule has 24 heavy (non-hydrogen) atoms. The van der Waals surface area contributed by atoms with Gasteiger partial charge in [0.05, 0.1) is 13.2 Å². The Balaban J connectivity index is 4.00. The Kier molecular flexibility index (Phi) is 16.6. The molecule has 0 fully saturated rings. The molecule has 0 amide bonds. The number of carbonyl (C=O) groups excluding carboxylic acids is 1. The molecule has 0 heterocycles. The SMILES string of the molecule is CCCCCC(CCC)COC(=O)OCC(CCC)CCCCC. The summed E-state index contributed by atoms with van der Waals surface area (Å²) in [6.07, 6.45) is 13.9. The van der Waals surface area contributed by atoms with E-state index in [1.165, 1.54) is 38.5 Å². The van der Waals surface area contributed by atoms with Gasteiger partial charge in [0.2, 0.25) is 0 Å². The number of hydrogen-bond donors (Lipinski definition) is 0. The van der Waals surface area contributed by atoms with Crippen molar-refractivity contribution in [1.29, 1.82) is 0 Å². The molecule has 0 aromatic rings. The smallest absolute Gasteiger partial charge is 0.434 e. The van der Waals surface area contributed by atoms with Gasteiger partial charge in [-0.25, -0.2) is 4.79 Å². The fourth-order valence-electron chi connectivity index (χ4n) is 3.22. The first kappa shape index (κ1) is 23.3. The largest absolute Gasteiger partial charge is 0.508 e. The number of carbonyl (C=O) groups is 1. The van der Waals surface area contributed by atoms with Gasteiger partial charge in [0.1, 0.15) is 0 Å². The van der Waals surface area contributed by atoms with Gasteiger partial charge >= 0.3 is 6.16 Å². The summed E-state index contributed by atoms with van der Waals surface area (Å²) < 4.78 is 10.8. The van der Waals surface area contributed by atoms with Gasteiger partial charge in [-0.1, -0.05) is 79.1 Å². The average molecular weight is 343 g/mol. The Bertz CT molecular complexity index is 252. The van der Waals surface area contributed by atoms with Crippen molar-refractivity contribution < 1.29 is 14.3 Å². The van der Waals surface area contributed by atoms with Crippen LogP contribution in [0.25, 0.3) is 0 Å². The van der Waals surface area contributed by atoms with E-state index in [0.29, 0.717) is 25.0 Å². The van der Waals surface area contributed by atoms with Crippen LogP contribution in [0, 0.1) is 11.8 Å². The van der Waals surface area contributed by atoms with Gasteiger partial charge in [-0.15, -0.1) is 0 Å². The lowest BCUT2D eigenvalue weighted by atomic mass is 9.97. The third-order valence-electron chi connectivity index (χ3n) is 4.70. The molecule has 0 aliphatic rings. The molecule has 0 aliphatic heterocycles. The summed E-state index contributed by atoms with van der Waals surface area (Å²) in [4.78, 5) is 11.9. The molecule has 3 heteroatoms. The normalized spacial score (nSPS) is 13.5. The monoisotopic (exact) mass is 342 g/mol. The van der Waals surface area contributed by atoms with Crippen molar-refractivity contribution in [2.75, 3.05) is 13.2 Å². The van der Waals surface area contributed by atoms with Crippen LogP contribution in [-0.2, 0) is 9.47 Å². The quantitative estimate of drug-likeness (QED) is 0.221. The molecular weight excluding hydrogens is 300 g/mol. The van der Waals surface area contributed by atoms with Gasteiger partial charge in [0.15, 0.2) is 0 Å². The van der Waals surface area contributed by atoms with Gasteiger partial charge in [0, 0.05) is 0 Å². The topological polar surface area (TPSA) is 35.5 Å². The van der Waals surface area contributed by atoms with Crippen molar-refractivity contribution >= 4 is 6.16 Å². The predicted molar refractivity (Wildman–Crippen MR) is 102 cm³/mol. The fraction of sp³-hybridized carbons (Fsp3) is 0.952. The van der Waals surface area contributed by atoms with E-state index in [9.17, 15) is 4.79 Å². The van der Waals surface area contributed by atoms with Crippen LogP contribution in [-0.4, -0.2) is 19.4 Å². The highest BCUT2D eigenvalue weighted by atomic mass is 16.7. The summed E-state index contributed by atoms with van der Waals surface area (Å²) in [6, 6.07) is 0. The summed E-state index contributed by atoms with van der Waals surface area (Å²) in [5.41, 5.74) is 0. The lowest BCUT2D eigenvalue weighted by Crippen LogP contribution is -2.19. The zero-order chi connectivity index (χ0) is 18.0. The van der Waals surface area contributed by atoms with Gasteiger partial charge in [-0.05, 0) is 37.5 Å². The summed E-state index contributed by atoms with van der Waals surface area (Å²) in [7, 11) is 0. The standard InChI is InChI=1S/C21H42O3/c1-5-9-11-15-19(13-7-3)17-23-21(22)24-18-20(14-8-4)16-12-10-6-2/h19-20H,5-18H2,1-4H3. The van der Waals surface area contributed by atoms with E-state index in [2.05, 4.69) is 27.7 Å². The van der Waals surface area contributed by atoms with Crippen LogP contribution in [0.3, 0.4) is 0 Å². The summed E-state index contributed by atoms with van der Waals surface area (Å²) in [5.74, 6) is 0.982. The molecule has 0 aromatic heterocycles. The Morgan fingerprint density at radius 2 is 1.04 bits per heavy atom. The van der Waals surface area contributed by atoms with E-state index in [-0.39, 0.29) is 0 Å². The molecule has 0 bridgehead atoms. The van der Waals surface area contributed by atoms with Crippen LogP contribution in [0.5, 0.6) is 0 Å². The van der Waals surface area contributed by atoms with E-state index >= 15 is 0 Å². The second-order valence-corrected chi connectivity index (χ2v) is 7.17.